The van der Waals surface area contributed by atoms with Gasteiger partial charge in [0.2, 0.25) is 5.91 Å². The van der Waals surface area contributed by atoms with E-state index in [1.165, 1.54) is 7.05 Å². The zero-order chi connectivity index (χ0) is 12.7. The van der Waals surface area contributed by atoms with Crippen LogP contribution in [-0.2, 0) is 4.79 Å². The van der Waals surface area contributed by atoms with E-state index in [9.17, 15) is 9.59 Å². The molecule has 2 N–H and O–H groups in total. The van der Waals surface area contributed by atoms with Crippen LogP contribution < -0.4 is 15.5 Å². The normalized spacial score (nSPS) is 9.53. The summed E-state index contributed by atoms with van der Waals surface area (Å²) in [4.78, 5) is 24.2. The summed E-state index contributed by atoms with van der Waals surface area (Å²) in [5.74, 6) is -0.285. The molecule has 0 spiro atoms. The Morgan fingerprint density at radius 1 is 1.24 bits per heavy atom. The fourth-order valence-electron chi connectivity index (χ4n) is 1.33. The number of anilines is 1. The van der Waals surface area contributed by atoms with Crippen molar-refractivity contribution in [2.24, 2.45) is 0 Å². The van der Waals surface area contributed by atoms with Crippen molar-refractivity contribution in [1.29, 1.82) is 0 Å². The lowest BCUT2D eigenvalue weighted by Gasteiger charge is -2.18. The molecule has 0 bridgehead atoms. The summed E-state index contributed by atoms with van der Waals surface area (Å²) in [7, 11) is 3.38. The van der Waals surface area contributed by atoms with Crippen LogP contribution >= 0.6 is 0 Å². The standard InChI is InChI=1S/C12H17N3O2/c1-13-12(17)14-11(16)8-9-15(2)10-6-4-3-5-7-10/h3-7H,8-9H2,1-2H3,(H2,13,14,16,17). The highest BCUT2D eigenvalue weighted by atomic mass is 16.2. The van der Waals surface area contributed by atoms with Gasteiger partial charge in [-0.15, -0.1) is 0 Å². The molecule has 0 aromatic heterocycles. The van der Waals surface area contributed by atoms with Crippen LogP contribution in [0.25, 0.3) is 0 Å². The number of urea groups is 1. The first kappa shape index (κ1) is 13.0. The van der Waals surface area contributed by atoms with Gasteiger partial charge >= 0.3 is 6.03 Å². The first-order chi connectivity index (χ1) is 8.13. The Hall–Kier alpha value is -2.04. The Labute approximate surface area is 101 Å². The average molecular weight is 235 g/mol. The molecule has 5 nitrogen and oxygen atoms in total. The molecule has 1 rings (SSSR count). The van der Waals surface area contributed by atoms with Crippen molar-refractivity contribution in [2.75, 3.05) is 25.5 Å². The van der Waals surface area contributed by atoms with Gasteiger partial charge in [0.15, 0.2) is 0 Å². The zero-order valence-corrected chi connectivity index (χ0v) is 10.1. The number of nitrogens with one attached hydrogen (secondary N) is 2. The molecule has 3 amide bonds. The number of nitrogens with zero attached hydrogens (tertiary/aromatic N) is 1. The van der Waals surface area contributed by atoms with E-state index in [0.29, 0.717) is 6.54 Å². The lowest BCUT2D eigenvalue weighted by Crippen LogP contribution is -2.38. The van der Waals surface area contributed by atoms with E-state index in [1.807, 2.05) is 42.3 Å². The van der Waals surface area contributed by atoms with E-state index in [4.69, 9.17) is 0 Å². The predicted molar refractivity (Wildman–Crippen MR) is 66.9 cm³/mol. The SMILES string of the molecule is CNC(=O)NC(=O)CCN(C)c1ccccc1. The van der Waals surface area contributed by atoms with Gasteiger partial charge in [0, 0.05) is 32.7 Å². The molecule has 5 heteroatoms. The van der Waals surface area contributed by atoms with Crippen molar-refractivity contribution in [3.63, 3.8) is 0 Å². The minimum atomic E-state index is -0.475. The maximum absolute atomic E-state index is 11.3. The van der Waals surface area contributed by atoms with Crippen molar-refractivity contribution in [3.8, 4) is 0 Å². The molecule has 0 saturated heterocycles. The topological polar surface area (TPSA) is 61.4 Å². The highest BCUT2D eigenvalue weighted by Crippen LogP contribution is 2.10. The monoisotopic (exact) mass is 235 g/mol. The van der Waals surface area contributed by atoms with Crippen LogP contribution in [0.2, 0.25) is 0 Å². The van der Waals surface area contributed by atoms with Crippen LogP contribution in [0.3, 0.4) is 0 Å². The number of imide groups is 1. The highest BCUT2D eigenvalue weighted by molar-refractivity contribution is 5.94. The van der Waals surface area contributed by atoms with E-state index in [-0.39, 0.29) is 12.3 Å². The molecule has 1 aromatic rings. The van der Waals surface area contributed by atoms with E-state index in [1.54, 1.807) is 0 Å². The van der Waals surface area contributed by atoms with E-state index in [2.05, 4.69) is 10.6 Å². The molecule has 0 atom stereocenters. The summed E-state index contributed by atoms with van der Waals surface area (Å²) in [6.07, 6.45) is 0.277. The van der Waals surface area contributed by atoms with Crippen molar-refractivity contribution in [2.45, 2.75) is 6.42 Å². The van der Waals surface area contributed by atoms with Crippen LogP contribution in [0.5, 0.6) is 0 Å². The van der Waals surface area contributed by atoms with E-state index in [0.717, 1.165) is 5.69 Å². The van der Waals surface area contributed by atoms with Gasteiger partial charge in [-0.3, -0.25) is 10.1 Å². The minimum absolute atomic E-state index is 0.277. The molecule has 0 fully saturated rings. The maximum atomic E-state index is 11.3. The third-order valence-electron chi connectivity index (χ3n) is 2.35. The predicted octanol–water partition coefficient (Wildman–Crippen LogP) is 0.968. The zero-order valence-electron chi connectivity index (χ0n) is 10.1. The molecule has 0 saturated carbocycles. The van der Waals surface area contributed by atoms with Gasteiger partial charge in [-0.05, 0) is 12.1 Å². The average Bonchev–Trinajstić information content (AvgIpc) is 2.36. The third kappa shape index (κ3) is 4.55. The number of hydrogen-bond acceptors (Lipinski definition) is 3. The molecular weight excluding hydrogens is 218 g/mol. The smallest absolute Gasteiger partial charge is 0.321 e. The number of amides is 3. The van der Waals surface area contributed by atoms with E-state index < -0.39 is 6.03 Å². The first-order valence-electron chi connectivity index (χ1n) is 5.41. The molecule has 0 aliphatic heterocycles. The highest BCUT2D eigenvalue weighted by Gasteiger charge is 2.07. The molecule has 1 aromatic carbocycles. The fraction of sp³-hybridized carbons (Fsp3) is 0.333. The quantitative estimate of drug-likeness (QED) is 0.817. The Balaban J connectivity index is 2.36. The van der Waals surface area contributed by atoms with Crippen LogP contribution in [-0.4, -0.2) is 32.6 Å². The number of carbonyl (C=O) groups excluding carboxylic acids is 2. The second kappa shape index (κ2) is 6.52. The van der Waals surface area contributed by atoms with Crippen LogP contribution in [0.15, 0.2) is 30.3 Å². The number of hydrogen-bond donors (Lipinski definition) is 2. The summed E-state index contributed by atoms with van der Waals surface area (Å²) < 4.78 is 0. The summed E-state index contributed by atoms with van der Waals surface area (Å²) in [5, 5.41) is 4.55. The van der Waals surface area contributed by atoms with Gasteiger partial charge in [-0.25, -0.2) is 4.79 Å². The molecule has 0 aliphatic carbocycles. The molecule has 0 unspecified atom stereocenters. The van der Waals surface area contributed by atoms with Gasteiger partial charge in [-0.1, -0.05) is 18.2 Å². The molecule has 0 aliphatic rings. The Morgan fingerprint density at radius 2 is 1.88 bits per heavy atom. The van der Waals surface area contributed by atoms with Crippen LogP contribution in [0.4, 0.5) is 10.5 Å². The second-order valence-corrected chi connectivity index (χ2v) is 3.63. The van der Waals surface area contributed by atoms with Crippen molar-refractivity contribution in [1.82, 2.24) is 10.6 Å². The Bertz CT molecular complexity index is 379. The van der Waals surface area contributed by atoms with Crippen molar-refractivity contribution >= 4 is 17.6 Å². The van der Waals surface area contributed by atoms with Gasteiger partial charge in [0.25, 0.3) is 0 Å². The summed E-state index contributed by atoms with van der Waals surface area (Å²) in [6.45, 7) is 0.562. The largest absolute Gasteiger partial charge is 0.374 e. The Kier molecular flexibility index (Phi) is 5.00. The number of carbonyl (C=O) groups is 2. The maximum Gasteiger partial charge on any atom is 0.321 e. The number of para-hydroxylation sites is 1. The van der Waals surface area contributed by atoms with Gasteiger partial charge in [-0.2, -0.15) is 0 Å². The number of benzene rings is 1. The van der Waals surface area contributed by atoms with Crippen molar-refractivity contribution in [3.05, 3.63) is 30.3 Å². The van der Waals surface area contributed by atoms with E-state index >= 15 is 0 Å². The van der Waals surface area contributed by atoms with Gasteiger partial charge < -0.3 is 10.2 Å². The molecular formula is C12H17N3O2. The molecule has 0 heterocycles. The molecule has 92 valence electrons. The third-order valence-corrected chi connectivity index (χ3v) is 2.35. The lowest BCUT2D eigenvalue weighted by molar-refractivity contribution is -0.119. The number of rotatable bonds is 4. The van der Waals surface area contributed by atoms with Gasteiger partial charge in [0.05, 0.1) is 0 Å². The molecule has 0 radical (unpaired) electrons. The lowest BCUT2D eigenvalue weighted by atomic mass is 10.3. The van der Waals surface area contributed by atoms with Crippen LogP contribution in [0, 0.1) is 0 Å². The van der Waals surface area contributed by atoms with Gasteiger partial charge in [0.1, 0.15) is 0 Å². The first-order valence-corrected chi connectivity index (χ1v) is 5.41. The van der Waals surface area contributed by atoms with Crippen molar-refractivity contribution < 1.29 is 9.59 Å². The fourth-order valence-corrected chi connectivity index (χ4v) is 1.33. The molecule has 17 heavy (non-hydrogen) atoms. The van der Waals surface area contributed by atoms with Crippen LogP contribution in [0.1, 0.15) is 6.42 Å². The summed E-state index contributed by atoms with van der Waals surface area (Å²) >= 11 is 0. The summed E-state index contributed by atoms with van der Waals surface area (Å²) in [5.41, 5.74) is 1.04. The Morgan fingerprint density at radius 3 is 2.47 bits per heavy atom. The summed E-state index contributed by atoms with van der Waals surface area (Å²) in [6, 6.07) is 9.29. The minimum Gasteiger partial charge on any atom is -0.374 e. The second-order valence-electron chi connectivity index (χ2n) is 3.63.